The molecule has 0 spiro atoms. The molecule has 1 aliphatic carbocycles. The van der Waals surface area contributed by atoms with Crippen molar-refractivity contribution in [3.63, 3.8) is 0 Å². The van der Waals surface area contributed by atoms with Crippen molar-refractivity contribution in [2.24, 2.45) is 11.7 Å². The Bertz CT molecular complexity index is 357. The highest BCUT2D eigenvalue weighted by atomic mass is 15.2. The first-order chi connectivity index (χ1) is 8.59. The average Bonchev–Trinajstić information content (AvgIpc) is 3.12. The van der Waals surface area contributed by atoms with Gasteiger partial charge < -0.3 is 5.73 Å². The van der Waals surface area contributed by atoms with Crippen molar-refractivity contribution in [2.75, 3.05) is 6.54 Å². The van der Waals surface area contributed by atoms with Gasteiger partial charge in [-0.1, -0.05) is 19.9 Å². The van der Waals surface area contributed by atoms with E-state index in [1.54, 1.807) is 0 Å². The van der Waals surface area contributed by atoms with Crippen molar-refractivity contribution in [1.29, 1.82) is 0 Å². The molecule has 1 heterocycles. The predicted molar refractivity (Wildman–Crippen MR) is 75.2 cm³/mol. The molecule has 0 aromatic carbocycles. The predicted octanol–water partition coefficient (Wildman–Crippen LogP) is 2.59. The van der Waals surface area contributed by atoms with E-state index in [1.165, 1.54) is 18.4 Å². The van der Waals surface area contributed by atoms with Gasteiger partial charge in [-0.25, -0.2) is 0 Å². The number of nitrogens with two attached hydrogens (primary N) is 1. The maximum Gasteiger partial charge on any atom is 0.0514 e. The van der Waals surface area contributed by atoms with E-state index >= 15 is 0 Å². The zero-order valence-electron chi connectivity index (χ0n) is 11.7. The molecule has 1 aliphatic rings. The van der Waals surface area contributed by atoms with E-state index in [-0.39, 0.29) is 6.04 Å². The van der Waals surface area contributed by atoms with Gasteiger partial charge in [-0.15, -0.1) is 0 Å². The standard InChI is InChI=1S/C15H25N3/c1-11(2)10-18(14-6-7-14)15(12(3)16)13-5-4-8-17-9-13/h4-5,8-9,11-12,14-15H,6-7,10,16H2,1-3H3. The highest BCUT2D eigenvalue weighted by Gasteiger charge is 2.36. The van der Waals surface area contributed by atoms with Crippen LogP contribution < -0.4 is 5.73 Å². The summed E-state index contributed by atoms with van der Waals surface area (Å²) in [5, 5.41) is 0. The molecule has 100 valence electrons. The molecular formula is C15H25N3. The van der Waals surface area contributed by atoms with Crippen LogP contribution in [0.3, 0.4) is 0 Å². The Morgan fingerprint density at radius 3 is 2.56 bits per heavy atom. The van der Waals surface area contributed by atoms with Crippen LogP contribution in [0.4, 0.5) is 0 Å². The molecule has 18 heavy (non-hydrogen) atoms. The molecule has 1 aromatic rings. The number of nitrogens with zero attached hydrogens (tertiary/aromatic N) is 2. The molecule has 2 rings (SSSR count). The van der Waals surface area contributed by atoms with Crippen LogP contribution in [-0.2, 0) is 0 Å². The van der Waals surface area contributed by atoms with Crippen molar-refractivity contribution in [3.8, 4) is 0 Å². The summed E-state index contributed by atoms with van der Waals surface area (Å²) in [6.07, 6.45) is 6.42. The third-order valence-electron chi connectivity index (χ3n) is 3.47. The Morgan fingerprint density at radius 2 is 2.11 bits per heavy atom. The summed E-state index contributed by atoms with van der Waals surface area (Å²) < 4.78 is 0. The van der Waals surface area contributed by atoms with Gasteiger partial charge in [0.25, 0.3) is 0 Å². The second kappa shape index (κ2) is 5.81. The molecule has 1 fully saturated rings. The van der Waals surface area contributed by atoms with Gasteiger partial charge in [0.15, 0.2) is 0 Å². The van der Waals surface area contributed by atoms with Crippen LogP contribution in [0.5, 0.6) is 0 Å². The van der Waals surface area contributed by atoms with Gasteiger partial charge >= 0.3 is 0 Å². The van der Waals surface area contributed by atoms with Crippen LogP contribution in [0.25, 0.3) is 0 Å². The van der Waals surface area contributed by atoms with Crippen molar-refractivity contribution >= 4 is 0 Å². The molecule has 1 aromatic heterocycles. The molecule has 3 heteroatoms. The first-order valence-electron chi connectivity index (χ1n) is 7.01. The molecule has 2 unspecified atom stereocenters. The number of hydrogen-bond acceptors (Lipinski definition) is 3. The molecule has 2 N–H and O–H groups in total. The van der Waals surface area contributed by atoms with Crippen LogP contribution in [0.1, 0.15) is 45.2 Å². The number of hydrogen-bond donors (Lipinski definition) is 1. The zero-order chi connectivity index (χ0) is 13.1. The largest absolute Gasteiger partial charge is 0.326 e. The Morgan fingerprint density at radius 1 is 1.39 bits per heavy atom. The third kappa shape index (κ3) is 3.30. The summed E-state index contributed by atoms with van der Waals surface area (Å²) in [6.45, 7) is 7.77. The van der Waals surface area contributed by atoms with Crippen LogP contribution in [0, 0.1) is 5.92 Å². The Balaban J connectivity index is 2.22. The second-order valence-corrected chi connectivity index (χ2v) is 5.91. The lowest BCUT2D eigenvalue weighted by molar-refractivity contribution is 0.147. The smallest absolute Gasteiger partial charge is 0.0514 e. The van der Waals surface area contributed by atoms with Crippen LogP contribution in [0.2, 0.25) is 0 Å². The van der Waals surface area contributed by atoms with Crippen LogP contribution in [0.15, 0.2) is 24.5 Å². The Hall–Kier alpha value is -0.930. The summed E-state index contributed by atoms with van der Waals surface area (Å²) in [7, 11) is 0. The van der Waals surface area contributed by atoms with E-state index in [4.69, 9.17) is 5.73 Å². The van der Waals surface area contributed by atoms with Crippen LogP contribution in [-0.4, -0.2) is 28.5 Å². The van der Waals surface area contributed by atoms with Crippen molar-refractivity contribution in [3.05, 3.63) is 30.1 Å². The van der Waals surface area contributed by atoms with E-state index in [0.29, 0.717) is 12.0 Å². The maximum absolute atomic E-state index is 6.24. The van der Waals surface area contributed by atoms with Crippen molar-refractivity contribution in [2.45, 2.75) is 51.7 Å². The monoisotopic (exact) mass is 247 g/mol. The van der Waals surface area contributed by atoms with E-state index in [1.807, 2.05) is 18.5 Å². The summed E-state index contributed by atoms with van der Waals surface area (Å²) >= 11 is 0. The lowest BCUT2D eigenvalue weighted by Gasteiger charge is -2.35. The minimum atomic E-state index is 0.133. The summed E-state index contributed by atoms with van der Waals surface area (Å²) in [5.74, 6) is 0.670. The fourth-order valence-corrected chi connectivity index (χ4v) is 2.67. The fourth-order valence-electron chi connectivity index (χ4n) is 2.67. The summed E-state index contributed by atoms with van der Waals surface area (Å²) in [4.78, 5) is 6.84. The molecule has 0 bridgehead atoms. The second-order valence-electron chi connectivity index (χ2n) is 5.91. The summed E-state index contributed by atoms with van der Waals surface area (Å²) in [6, 6.07) is 5.31. The first-order valence-corrected chi connectivity index (χ1v) is 7.01. The van der Waals surface area contributed by atoms with Gasteiger partial charge in [-0.05, 0) is 37.3 Å². The van der Waals surface area contributed by atoms with Crippen molar-refractivity contribution < 1.29 is 0 Å². The average molecular weight is 247 g/mol. The lowest BCUT2D eigenvalue weighted by Crippen LogP contribution is -2.42. The fraction of sp³-hybridized carbons (Fsp3) is 0.667. The maximum atomic E-state index is 6.24. The molecule has 2 atom stereocenters. The van der Waals surface area contributed by atoms with Crippen molar-refractivity contribution in [1.82, 2.24) is 9.88 Å². The molecule has 0 saturated heterocycles. The van der Waals surface area contributed by atoms with Gasteiger partial charge in [0, 0.05) is 31.0 Å². The van der Waals surface area contributed by atoms with Gasteiger partial charge in [0.05, 0.1) is 6.04 Å². The van der Waals surface area contributed by atoms with Gasteiger partial charge in [0.2, 0.25) is 0 Å². The van der Waals surface area contributed by atoms with E-state index in [9.17, 15) is 0 Å². The molecule has 1 saturated carbocycles. The quantitative estimate of drug-likeness (QED) is 0.840. The Labute approximate surface area is 110 Å². The number of pyridine rings is 1. The topological polar surface area (TPSA) is 42.2 Å². The summed E-state index contributed by atoms with van der Waals surface area (Å²) in [5.41, 5.74) is 7.49. The Kier molecular flexibility index (Phi) is 4.36. The van der Waals surface area contributed by atoms with Crippen LogP contribution >= 0.6 is 0 Å². The zero-order valence-corrected chi connectivity index (χ0v) is 11.7. The highest BCUT2D eigenvalue weighted by molar-refractivity contribution is 5.17. The lowest BCUT2D eigenvalue weighted by atomic mass is 9.99. The molecule has 0 aliphatic heterocycles. The van der Waals surface area contributed by atoms with E-state index < -0.39 is 0 Å². The highest BCUT2D eigenvalue weighted by Crippen LogP contribution is 2.36. The minimum Gasteiger partial charge on any atom is -0.326 e. The molecule has 0 radical (unpaired) electrons. The third-order valence-corrected chi connectivity index (χ3v) is 3.47. The first kappa shape index (κ1) is 13.5. The normalized spacial score (nSPS) is 19.2. The minimum absolute atomic E-state index is 0.133. The number of aromatic nitrogens is 1. The van der Waals surface area contributed by atoms with Gasteiger partial charge in [-0.3, -0.25) is 9.88 Å². The van der Waals surface area contributed by atoms with E-state index in [2.05, 4.69) is 36.7 Å². The molecule has 3 nitrogen and oxygen atoms in total. The molecular weight excluding hydrogens is 222 g/mol. The van der Waals surface area contributed by atoms with Gasteiger partial charge in [0.1, 0.15) is 0 Å². The van der Waals surface area contributed by atoms with Gasteiger partial charge in [-0.2, -0.15) is 0 Å². The SMILES string of the molecule is CC(C)CN(C1CC1)C(c1cccnc1)C(C)N. The number of rotatable bonds is 6. The van der Waals surface area contributed by atoms with E-state index in [0.717, 1.165) is 12.6 Å². The molecule has 0 amide bonds.